The molecule has 3 rings (SSSR count). The van der Waals surface area contributed by atoms with Crippen LogP contribution in [-0.4, -0.2) is 37.6 Å². The van der Waals surface area contributed by atoms with Gasteiger partial charge in [0.1, 0.15) is 11.4 Å². The van der Waals surface area contributed by atoms with Crippen molar-refractivity contribution in [3.8, 4) is 0 Å². The highest BCUT2D eigenvalue weighted by Gasteiger charge is 2.42. The van der Waals surface area contributed by atoms with E-state index in [0.29, 0.717) is 16.5 Å². The second-order valence-electron chi connectivity index (χ2n) is 6.05. The van der Waals surface area contributed by atoms with Gasteiger partial charge >= 0.3 is 0 Å². The first kappa shape index (κ1) is 18.1. The molecule has 0 bridgehead atoms. The van der Waals surface area contributed by atoms with E-state index in [1.807, 2.05) is 25.1 Å². The van der Waals surface area contributed by atoms with Crippen LogP contribution in [0.1, 0.15) is 30.1 Å². The average molecular weight is 372 g/mol. The molecule has 2 aromatic carbocycles. The summed E-state index contributed by atoms with van der Waals surface area (Å²) in [6, 6.07) is 15.1. The lowest BCUT2D eigenvalue weighted by Gasteiger charge is -2.25. The average Bonchev–Trinajstić information content (AvgIpc) is 2.84. The third kappa shape index (κ3) is 3.22. The molecule has 0 unspecified atom stereocenters. The Bertz CT molecular complexity index is 926. The third-order valence-electron chi connectivity index (χ3n) is 4.30. The van der Waals surface area contributed by atoms with Gasteiger partial charge in [-0.2, -0.15) is 0 Å². The van der Waals surface area contributed by atoms with Crippen molar-refractivity contribution in [2.24, 2.45) is 0 Å². The number of carbonyl (C=O) groups is 2. The molecule has 0 radical (unpaired) electrons. The summed E-state index contributed by atoms with van der Waals surface area (Å²) in [5.41, 5.74) is 0.799. The maximum Gasteiger partial charge on any atom is 0.269 e. The van der Waals surface area contributed by atoms with E-state index in [0.717, 1.165) is 12.8 Å². The van der Waals surface area contributed by atoms with Crippen molar-refractivity contribution >= 4 is 27.5 Å². The summed E-state index contributed by atoms with van der Waals surface area (Å²) in [6.45, 7) is 1.97. The van der Waals surface area contributed by atoms with Crippen molar-refractivity contribution in [3.05, 3.63) is 60.2 Å². The molecule has 0 saturated carbocycles. The minimum absolute atomic E-state index is 0.0439. The van der Waals surface area contributed by atoms with Gasteiger partial charge in [-0.1, -0.05) is 43.7 Å². The smallest absolute Gasteiger partial charge is 0.269 e. The standard InChI is InChI=1S/C19H20N2O4S/c1-2-3-13-20(15-9-5-4-6-10-15)18(22)14-21-19(23)16-11-7-8-12-17(16)26(21,24)25/h4-12H,2-3,13-14H2,1H3. The Morgan fingerprint density at radius 2 is 1.69 bits per heavy atom. The minimum Gasteiger partial charge on any atom is -0.311 e. The van der Waals surface area contributed by atoms with Gasteiger partial charge in [-0.05, 0) is 30.7 Å². The van der Waals surface area contributed by atoms with Crippen LogP contribution in [-0.2, 0) is 14.8 Å². The van der Waals surface area contributed by atoms with Crippen molar-refractivity contribution in [1.82, 2.24) is 4.31 Å². The quantitative estimate of drug-likeness (QED) is 0.781. The highest BCUT2D eigenvalue weighted by molar-refractivity contribution is 7.90. The number of nitrogens with zero attached hydrogens (tertiary/aromatic N) is 2. The Morgan fingerprint density at radius 3 is 2.35 bits per heavy atom. The Balaban J connectivity index is 1.87. The van der Waals surface area contributed by atoms with Gasteiger partial charge in [-0.3, -0.25) is 9.59 Å². The second-order valence-corrected chi connectivity index (χ2v) is 7.88. The van der Waals surface area contributed by atoms with Crippen LogP contribution in [0.5, 0.6) is 0 Å². The molecule has 136 valence electrons. The van der Waals surface area contributed by atoms with Gasteiger partial charge in [0.05, 0.1) is 5.56 Å². The van der Waals surface area contributed by atoms with Gasteiger partial charge in [-0.15, -0.1) is 0 Å². The third-order valence-corrected chi connectivity index (χ3v) is 6.08. The van der Waals surface area contributed by atoms with Crippen LogP contribution in [0.25, 0.3) is 0 Å². The van der Waals surface area contributed by atoms with E-state index >= 15 is 0 Å². The van der Waals surface area contributed by atoms with Gasteiger partial charge in [0.2, 0.25) is 5.91 Å². The summed E-state index contributed by atoms with van der Waals surface area (Å²) in [5.74, 6) is -1.08. The zero-order valence-electron chi connectivity index (χ0n) is 14.5. The maximum atomic E-state index is 12.9. The fraction of sp³-hybridized carbons (Fsp3) is 0.263. The van der Waals surface area contributed by atoms with Crippen molar-refractivity contribution in [2.75, 3.05) is 18.0 Å². The van der Waals surface area contributed by atoms with Gasteiger partial charge in [0, 0.05) is 12.2 Å². The van der Waals surface area contributed by atoms with Crippen LogP contribution in [0.3, 0.4) is 0 Å². The molecule has 0 aromatic heterocycles. The van der Waals surface area contributed by atoms with E-state index in [2.05, 4.69) is 0 Å². The molecule has 0 atom stereocenters. The molecule has 0 spiro atoms. The number of para-hydroxylation sites is 1. The summed E-state index contributed by atoms with van der Waals surface area (Å²) in [4.78, 5) is 26.8. The fourth-order valence-corrected chi connectivity index (χ4v) is 4.44. The summed E-state index contributed by atoms with van der Waals surface area (Å²) in [7, 11) is -3.99. The van der Waals surface area contributed by atoms with Gasteiger partial charge in [-0.25, -0.2) is 12.7 Å². The van der Waals surface area contributed by atoms with Crippen molar-refractivity contribution in [1.29, 1.82) is 0 Å². The predicted octanol–water partition coefficient (Wildman–Crippen LogP) is 2.66. The van der Waals surface area contributed by atoms with Crippen LogP contribution >= 0.6 is 0 Å². The zero-order chi connectivity index (χ0) is 18.7. The van der Waals surface area contributed by atoms with E-state index in [1.165, 1.54) is 17.0 Å². The largest absolute Gasteiger partial charge is 0.311 e. The van der Waals surface area contributed by atoms with Gasteiger partial charge in [0.25, 0.3) is 15.9 Å². The molecule has 0 aliphatic carbocycles. The Kier molecular flexibility index (Phi) is 5.08. The van der Waals surface area contributed by atoms with Gasteiger partial charge < -0.3 is 4.90 Å². The van der Waals surface area contributed by atoms with Crippen LogP contribution in [0.15, 0.2) is 59.5 Å². The lowest BCUT2D eigenvalue weighted by Crippen LogP contribution is -2.43. The molecular weight excluding hydrogens is 352 g/mol. The number of fused-ring (bicyclic) bond motifs is 1. The lowest BCUT2D eigenvalue weighted by molar-refractivity contribution is -0.118. The first-order valence-corrected chi connectivity index (χ1v) is 9.92. The SMILES string of the molecule is CCCCN(C(=O)CN1C(=O)c2ccccc2S1(=O)=O)c1ccccc1. The molecule has 6 nitrogen and oxygen atoms in total. The molecular formula is C19H20N2O4S. The zero-order valence-corrected chi connectivity index (χ0v) is 15.3. The molecule has 26 heavy (non-hydrogen) atoms. The molecule has 2 aromatic rings. The summed E-state index contributed by atoms with van der Waals surface area (Å²) < 4.78 is 25.9. The highest BCUT2D eigenvalue weighted by Crippen LogP contribution is 2.30. The number of sulfonamides is 1. The molecule has 1 heterocycles. The number of rotatable bonds is 6. The van der Waals surface area contributed by atoms with E-state index < -0.39 is 28.4 Å². The topological polar surface area (TPSA) is 74.8 Å². The number of hydrogen-bond donors (Lipinski definition) is 0. The first-order valence-electron chi connectivity index (χ1n) is 8.48. The molecule has 2 amide bonds. The molecule has 1 aliphatic heterocycles. The normalized spacial score (nSPS) is 15.0. The van der Waals surface area contributed by atoms with E-state index in [4.69, 9.17) is 0 Å². The van der Waals surface area contributed by atoms with Crippen LogP contribution in [0, 0.1) is 0 Å². The Morgan fingerprint density at radius 1 is 1.04 bits per heavy atom. The van der Waals surface area contributed by atoms with E-state index in [-0.39, 0.29) is 10.5 Å². The fourth-order valence-electron chi connectivity index (χ4n) is 2.92. The number of anilines is 1. The van der Waals surface area contributed by atoms with Crippen LogP contribution < -0.4 is 4.90 Å². The maximum absolute atomic E-state index is 12.9. The monoisotopic (exact) mass is 372 g/mol. The number of unbranched alkanes of at least 4 members (excludes halogenated alkanes) is 1. The van der Waals surface area contributed by atoms with Crippen LogP contribution in [0.2, 0.25) is 0 Å². The molecule has 0 fully saturated rings. The van der Waals surface area contributed by atoms with Crippen molar-refractivity contribution in [2.45, 2.75) is 24.7 Å². The summed E-state index contributed by atoms with van der Waals surface area (Å²) in [5, 5.41) is 0. The lowest BCUT2D eigenvalue weighted by atomic mass is 10.2. The van der Waals surface area contributed by atoms with Crippen molar-refractivity contribution in [3.63, 3.8) is 0 Å². The van der Waals surface area contributed by atoms with Crippen molar-refractivity contribution < 1.29 is 18.0 Å². The molecule has 0 N–H and O–H groups in total. The number of amides is 2. The van der Waals surface area contributed by atoms with E-state index in [1.54, 1.807) is 24.3 Å². The predicted molar refractivity (Wildman–Crippen MR) is 98.4 cm³/mol. The Labute approximate surface area is 153 Å². The highest BCUT2D eigenvalue weighted by atomic mass is 32.2. The van der Waals surface area contributed by atoms with Crippen LogP contribution in [0.4, 0.5) is 5.69 Å². The van der Waals surface area contributed by atoms with E-state index in [9.17, 15) is 18.0 Å². The summed E-state index contributed by atoms with van der Waals surface area (Å²) in [6.07, 6.45) is 1.67. The number of hydrogen-bond acceptors (Lipinski definition) is 4. The molecule has 1 aliphatic rings. The molecule has 0 saturated heterocycles. The summed E-state index contributed by atoms with van der Waals surface area (Å²) >= 11 is 0. The first-order chi connectivity index (χ1) is 12.5. The second kappa shape index (κ2) is 7.29. The minimum atomic E-state index is -3.99. The number of benzene rings is 2. The Hall–Kier alpha value is -2.67. The van der Waals surface area contributed by atoms with Gasteiger partial charge in [0.15, 0.2) is 0 Å². The number of carbonyl (C=O) groups excluding carboxylic acids is 2. The molecule has 7 heteroatoms.